The third-order valence-corrected chi connectivity index (χ3v) is 2.08. The second-order valence-corrected chi connectivity index (χ2v) is 3.51. The highest BCUT2D eigenvalue weighted by Gasteiger charge is 2.20. The zero-order valence-corrected chi connectivity index (χ0v) is 9.48. The lowest BCUT2D eigenvalue weighted by Crippen LogP contribution is -2.37. The molecule has 0 spiro atoms. The van der Waals surface area contributed by atoms with E-state index in [1.807, 2.05) is 0 Å². The molecule has 88 valence electrons. The van der Waals surface area contributed by atoms with Crippen molar-refractivity contribution in [2.24, 2.45) is 5.92 Å². The Labute approximate surface area is 89.2 Å². The Morgan fingerprint density at radius 2 is 2.00 bits per heavy atom. The number of hydroxylamine groups is 2. The van der Waals surface area contributed by atoms with Crippen LogP contribution >= 0.6 is 0 Å². The summed E-state index contributed by atoms with van der Waals surface area (Å²) >= 11 is 0. The van der Waals surface area contributed by atoms with Gasteiger partial charge < -0.3 is 10.4 Å². The highest BCUT2D eigenvalue weighted by molar-refractivity contribution is 5.77. The highest BCUT2D eigenvalue weighted by atomic mass is 16.7. The Bertz CT molecular complexity index is 232. The lowest BCUT2D eigenvalue weighted by Gasteiger charge is -2.21. The number of hydrogen-bond acceptors (Lipinski definition) is 3. The molecule has 2 unspecified atom stereocenters. The van der Waals surface area contributed by atoms with E-state index in [0.29, 0.717) is 6.42 Å². The van der Waals surface area contributed by atoms with Crippen molar-refractivity contribution < 1.29 is 19.5 Å². The van der Waals surface area contributed by atoms with Crippen LogP contribution in [0, 0.1) is 5.92 Å². The predicted molar refractivity (Wildman–Crippen MR) is 54.2 cm³/mol. The second-order valence-electron chi connectivity index (χ2n) is 3.51. The second kappa shape index (κ2) is 6.23. The third-order valence-electron chi connectivity index (χ3n) is 2.08. The molecule has 0 aromatic heterocycles. The van der Waals surface area contributed by atoms with Crippen molar-refractivity contribution in [2.45, 2.75) is 26.3 Å². The van der Waals surface area contributed by atoms with Crippen molar-refractivity contribution in [3.8, 4) is 0 Å². The molecule has 0 heterocycles. The lowest BCUT2D eigenvalue weighted by atomic mass is 10.0. The van der Waals surface area contributed by atoms with Crippen LogP contribution in [0.2, 0.25) is 0 Å². The van der Waals surface area contributed by atoms with E-state index in [2.05, 4.69) is 5.32 Å². The summed E-state index contributed by atoms with van der Waals surface area (Å²) < 4.78 is 0. The fourth-order valence-electron chi connectivity index (χ4n) is 1.30. The Morgan fingerprint density at radius 3 is 2.40 bits per heavy atom. The molecule has 6 nitrogen and oxygen atoms in total. The van der Waals surface area contributed by atoms with Gasteiger partial charge in [0.05, 0.1) is 7.11 Å². The Hall–Kier alpha value is -1.30. The summed E-state index contributed by atoms with van der Waals surface area (Å²) in [6.45, 7) is 3.45. The lowest BCUT2D eigenvalue weighted by molar-refractivity contribution is -0.173. The average Bonchev–Trinajstić information content (AvgIpc) is 2.13. The number of rotatable bonds is 5. The Kier molecular flexibility index (Phi) is 5.69. The van der Waals surface area contributed by atoms with Gasteiger partial charge in [0.2, 0.25) is 5.91 Å². The van der Waals surface area contributed by atoms with E-state index >= 15 is 0 Å². The first-order valence-corrected chi connectivity index (χ1v) is 4.69. The summed E-state index contributed by atoms with van der Waals surface area (Å²) in [7, 11) is 2.93. The molecule has 6 heteroatoms. The quantitative estimate of drug-likeness (QED) is 0.665. The molecule has 0 saturated carbocycles. The van der Waals surface area contributed by atoms with Gasteiger partial charge >= 0.3 is 6.09 Å². The first-order chi connectivity index (χ1) is 6.88. The molecule has 0 aromatic rings. The smallest absolute Gasteiger partial charge is 0.404 e. The van der Waals surface area contributed by atoms with Crippen LogP contribution in [0.4, 0.5) is 4.79 Å². The predicted octanol–water partition coefficient (Wildman–Crippen LogP) is 0.688. The van der Waals surface area contributed by atoms with Gasteiger partial charge in [-0.1, -0.05) is 6.92 Å². The normalized spacial score (nSPS) is 14.1. The minimum atomic E-state index is -1.08. The Balaban J connectivity index is 4.06. The van der Waals surface area contributed by atoms with Crippen molar-refractivity contribution in [1.29, 1.82) is 0 Å². The minimum Gasteiger partial charge on any atom is -0.465 e. The molecular weight excluding hydrogens is 200 g/mol. The molecule has 0 aliphatic rings. The molecule has 0 fully saturated rings. The molecule has 2 N–H and O–H groups in total. The van der Waals surface area contributed by atoms with E-state index < -0.39 is 6.09 Å². The third kappa shape index (κ3) is 5.21. The molecule has 0 aromatic carbocycles. The van der Waals surface area contributed by atoms with Crippen LogP contribution in [-0.4, -0.2) is 42.4 Å². The van der Waals surface area contributed by atoms with E-state index in [4.69, 9.17) is 9.94 Å². The molecule has 0 aliphatic heterocycles. The van der Waals surface area contributed by atoms with Crippen LogP contribution in [0.15, 0.2) is 0 Å². The number of nitrogens with zero attached hydrogens (tertiary/aromatic N) is 1. The summed E-state index contributed by atoms with van der Waals surface area (Å²) in [4.78, 5) is 26.6. The number of carbonyl (C=O) groups excluding carboxylic acids is 1. The van der Waals surface area contributed by atoms with Gasteiger partial charge in [0.1, 0.15) is 0 Å². The van der Waals surface area contributed by atoms with E-state index in [0.717, 1.165) is 5.06 Å². The molecule has 0 bridgehead atoms. The summed E-state index contributed by atoms with van der Waals surface area (Å²) in [6.07, 6.45) is -0.638. The van der Waals surface area contributed by atoms with Gasteiger partial charge in [0.15, 0.2) is 0 Å². The van der Waals surface area contributed by atoms with Crippen LogP contribution in [0.3, 0.4) is 0 Å². The van der Waals surface area contributed by atoms with Crippen LogP contribution in [0.25, 0.3) is 0 Å². The maximum atomic E-state index is 11.5. The summed E-state index contributed by atoms with van der Waals surface area (Å²) in [5, 5.41) is 11.9. The van der Waals surface area contributed by atoms with Gasteiger partial charge in [-0.2, -0.15) is 0 Å². The van der Waals surface area contributed by atoms with Crippen LogP contribution < -0.4 is 5.32 Å². The number of carbonyl (C=O) groups is 2. The maximum absolute atomic E-state index is 11.5. The van der Waals surface area contributed by atoms with E-state index in [1.165, 1.54) is 14.2 Å². The number of hydrogen-bond donors (Lipinski definition) is 2. The van der Waals surface area contributed by atoms with Crippen molar-refractivity contribution in [3.63, 3.8) is 0 Å². The van der Waals surface area contributed by atoms with Crippen LogP contribution in [-0.2, 0) is 9.63 Å². The number of carboxylic acid groups (broad SMARTS) is 1. The van der Waals surface area contributed by atoms with Gasteiger partial charge in [-0.25, -0.2) is 9.86 Å². The van der Waals surface area contributed by atoms with Crippen LogP contribution in [0.5, 0.6) is 0 Å². The van der Waals surface area contributed by atoms with Gasteiger partial charge in [-0.05, 0) is 13.3 Å². The van der Waals surface area contributed by atoms with Crippen LogP contribution in [0.1, 0.15) is 20.3 Å². The summed E-state index contributed by atoms with van der Waals surface area (Å²) in [5.41, 5.74) is 0. The SMILES string of the molecule is CON(C)C(=O)C(C)CC(C)NC(=O)O. The molecule has 0 saturated heterocycles. The molecule has 15 heavy (non-hydrogen) atoms. The molecule has 0 aliphatic carbocycles. The standard InChI is InChI=1S/C9H18N2O4/c1-6(8(12)11(3)15-4)5-7(2)10-9(13)14/h6-7,10H,5H2,1-4H3,(H,13,14). The molecule has 2 amide bonds. The monoisotopic (exact) mass is 218 g/mol. The largest absolute Gasteiger partial charge is 0.465 e. The summed E-state index contributed by atoms with van der Waals surface area (Å²) in [5.74, 6) is -0.451. The highest BCUT2D eigenvalue weighted by Crippen LogP contribution is 2.09. The molecule has 0 rings (SSSR count). The first kappa shape index (κ1) is 13.7. The van der Waals surface area contributed by atoms with Crippen molar-refractivity contribution >= 4 is 12.0 Å². The fraction of sp³-hybridized carbons (Fsp3) is 0.778. The Morgan fingerprint density at radius 1 is 1.47 bits per heavy atom. The van der Waals surface area contributed by atoms with Gasteiger partial charge in [-0.3, -0.25) is 9.63 Å². The van der Waals surface area contributed by atoms with Crippen molar-refractivity contribution in [1.82, 2.24) is 10.4 Å². The average molecular weight is 218 g/mol. The van der Waals surface area contributed by atoms with Gasteiger partial charge in [-0.15, -0.1) is 0 Å². The van der Waals surface area contributed by atoms with Gasteiger partial charge in [0.25, 0.3) is 0 Å². The summed E-state index contributed by atoms with van der Waals surface area (Å²) in [6, 6.07) is -0.258. The molecule has 2 atom stereocenters. The van der Waals surface area contributed by atoms with Crippen molar-refractivity contribution in [2.75, 3.05) is 14.2 Å². The molecular formula is C9H18N2O4. The zero-order chi connectivity index (χ0) is 12.0. The molecule has 0 radical (unpaired) electrons. The van der Waals surface area contributed by atoms with Gasteiger partial charge in [0, 0.05) is 19.0 Å². The number of nitrogens with one attached hydrogen (secondary N) is 1. The zero-order valence-electron chi connectivity index (χ0n) is 9.48. The first-order valence-electron chi connectivity index (χ1n) is 4.69. The minimum absolute atomic E-state index is 0.170. The van der Waals surface area contributed by atoms with E-state index in [1.54, 1.807) is 13.8 Å². The van der Waals surface area contributed by atoms with E-state index in [9.17, 15) is 9.59 Å². The van der Waals surface area contributed by atoms with E-state index in [-0.39, 0.29) is 17.9 Å². The number of amides is 2. The maximum Gasteiger partial charge on any atom is 0.404 e. The fourth-order valence-corrected chi connectivity index (χ4v) is 1.30. The van der Waals surface area contributed by atoms with Crippen molar-refractivity contribution in [3.05, 3.63) is 0 Å². The topological polar surface area (TPSA) is 78.9 Å².